The zero-order valence-corrected chi connectivity index (χ0v) is 10.2. The van der Waals surface area contributed by atoms with E-state index >= 15 is 0 Å². The van der Waals surface area contributed by atoms with Gasteiger partial charge in [-0.2, -0.15) is 0 Å². The molecular formula is C13H22O2. The Kier molecular flexibility index (Phi) is 7.69. The van der Waals surface area contributed by atoms with Crippen LogP contribution in [0, 0.1) is 5.92 Å². The van der Waals surface area contributed by atoms with Crippen molar-refractivity contribution in [1.82, 2.24) is 0 Å². The van der Waals surface area contributed by atoms with Crippen LogP contribution in [0.5, 0.6) is 0 Å². The fourth-order valence-corrected chi connectivity index (χ4v) is 1.19. The first-order valence-electron chi connectivity index (χ1n) is 5.56. The number of rotatable bonds is 6. The van der Waals surface area contributed by atoms with Crippen LogP contribution in [0.3, 0.4) is 0 Å². The molecule has 0 fully saturated rings. The standard InChI is InChI=1S/C13H22O2/c1-5-8-11(3)12(4)9-7-10-15-13(14)6-2/h5,8-9,11H,6-7,10H2,1-4H3/b8-5+,12-9+. The third kappa shape index (κ3) is 6.95. The molecule has 0 saturated carbocycles. The van der Waals surface area contributed by atoms with Crippen molar-refractivity contribution in [3.05, 3.63) is 23.8 Å². The van der Waals surface area contributed by atoms with E-state index in [1.165, 1.54) is 5.57 Å². The number of ether oxygens (including phenoxy) is 1. The Hall–Kier alpha value is -1.05. The maximum absolute atomic E-state index is 10.8. The lowest BCUT2D eigenvalue weighted by Gasteiger charge is -2.06. The average Bonchev–Trinajstić information content (AvgIpc) is 2.23. The molecule has 0 aliphatic rings. The molecule has 1 atom stereocenters. The lowest BCUT2D eigenvalue weighted by Crippen LogP contribution is -2.03. The molecule has 0 spiro atoms. The average molecular weight is 210 g/mol. The van der Waals surface area contributed by atoms with E-state index in [1.807, 2.05) is 6.92 Å². The molecule has 0 aromatic heterocycles. The second-order valence-corrected chi connectivity index (χ2v) is 3.63. The highest BCUT2D eigenvalue weighted by molar-refractivity contribution is 5.68. The lowest BCUT2D eigenvalue weighted by molar-refractivity contribution is -0.143. The van der Waals surface area contributed by atoms with Crippen molar-refractivity contribution >= 4 is 5.97 Å². The van der Waals surface area contributed by atoms with E-state index in [0.717, 1.165) is 6.42 Å². The van der Waals surface area contributed by atoms with Gasteiger partial charge >= 0.3 is 5.97 Å². The lowest BCUT2D eigenvalue weighted by atomic mass is 10.0. The van der Waals surface area contributed by atoms with Gasteiger partial charge in [-0.1, -0.05) is 37.6 Å². The number of esters is 1. The van der Waals surface area contributed by atoms with Crippen molar-refractivity contribution < 1.29 is 9.53 Å². The van der Waals surface area contributed by atoms with Crippen molar-refractivity contribution in [2.45, 2.75) is 40.5 Å². The Bertz CT molecular complexity index is 239. The monoisotopic (exact) mass is 210 g/mol. The maximum Gasteiger partial charge on any atom is 0.305 e. The maximum atomic E-state index is 10.8. The molecule has 1 unspecified atom stereocenters. The minimum Gasteiger partial charge on any atom is -0.465 e. The topological polar surface area (TPSA) is 26.3 Å². The molecule has 0 aromatic rings. The summed E-state index contributed by atoms with van der Waals surface area (Å²) < 4.78 is 4.98. The molecule has 2 nitrogen and oxygen atoms in total. The molecule has 86 valence electrons. The van der Waals surface area contributed by atoms with Crippen LogP contribution in [0.2, 0.25) is 0 Å². The van der Waals surface area contributed by atoms with Crippen molar-refractivity contribution in [2.75, 3.05) is 6.61 Å². The molecule has 15 heavy (non-hydrogen) atoms. The molecule has 0 radical (unpaired) electrons. The Balaban J connectivity index is 3.81. The van der Waals surface area contributed by atoms with E-state index in [-0.39, 0.29) is 5.97 Å². The molecule has 0 saturated heterocycles. The molecule has 0 aliphatic carbocycles. The van der Waals surface area contributed by atoms with Gasteiger partial charge in [0.25, 0.3) is 0 Å². The van der Waals surface area contributed by atoms with Crippen molar-refractivity contribution in [2.24, 2.45) is 5.92 Å². The van der Waals surface area contributed by atoms with Gasteiger partial charge in [0.2, 0.25) is 0 Å². The predicted molar refractivity (Wildman–Crippen MR) is 63.6 cm³/mol. The smallest absolute Gasteiger partial charge is 0.305 e. The van der Waals surface area contributed by atoms with Gasteiger partial charge in [-0.3, -0.25) is 4.79 Å². The minimum absolute atomic E-state index is 0.123. The van der Waals surface area contributed by atoms with Crippen LogP contribution in [0.4, 0.5) is 0 Å². The summed E-state index contributed by atoms with van der Waals surface area (Å²) in [6, 6.07) is 0. The summed E-state index contributed by atoms with van der Waals surface area (Å²) >= 11 is 0. The second kappa shape index (κ2) is 8.27. The van der Waals surface area contributed by atoms with E-state index in [1.54, 1.807) is 6.92 Å². The highest BCUT2D eigenvalue weighted by Gasteiger charge is 1.99. The summed E-state index contributed by atoms with van der Waals surface area (Å²) in [6.45, 7) is 8.58. The SMILES string of the molecule is C/C=C/C(C)/C(C)=C/CCOC(=O)CC. The second-order valence-electron chi connectivity index (χ2n) is 3.63. The molecule has 0 bridgehead atoms. The fourth-order valence-electron chi connectivity index (χ4n) is 1.19. The first-order valence-corrected chi connectivity index (χ1v) is 5.56. The molecule has 0 amide bonds. The number of hydrogen-bond acceptors (Lipinski definition) is 2. The third-order valence-corrected chi connectivity index (χ3v) is 2.34. The molecule has 0 rings (SSSR count). The van der Waals surface area contributed by atoms with Gasteiger partial charge in [0.15, 0.2) is 0 Å². The third-order valence-electron chi connectivity index (χ3n) is 2.34. The fraction of sp³-hybridized carbons (Fsp3) is 0.615. The van der Waals surface area contributed by atoms with Crippen LogP contribution in [0.25, 0.3) is 0 Å². The largest absolute Gasteiger partial charge is 0.465 e. The van der Waals surface area contributed by atoms with Crippen LogP contribution in [0.15, 0.2) is 23.8 Å². The number of allylic oxidation sites excluding steroid dienone is 3. The first-order chi connectivity index (χ1) is 7.11. The zero-order chi connectivity index (χ0) is 11.7. The van der Waals surface area contributed by atoms with Gasteiger partial charge in [0.1, 0.15) is 0 Å². The Morgan fingerprint density at radius 3 is 2.67 bits per heavy atom. The normalized spacial score (nSPS) is 14.3. The molecule has 0 N–H and O–H groups in total. The van der Waals surface area contributed by atoms with Gasteiger partial charge in [-0.05, 0) is 26.2 Å². The summed E-state index contributed by atoms with van der Waals surface area (Å²) in [7, 11) is 0. The van der Waals surface area contributed by atoms with Crippen molar-refractivity contribution in [3.8, 4) is 0 Å². The van der Waals surface area contributed by atoms with Crippen molar-refractivity contribution in [3.63, 3.8) is 0 Å². The zero-order valence-electron chi connectivity index (χ0n) is 10.2. The van der Waals surface area contributed by atoms with E-state index in [4.69, 9.17) is 4.74 Å². The van der Waals surface area contributed by atoms with E-state index in [2.05, 4.69) is 32.1 Å². The van der Waals surface area contributed by atoms with Crippen LogP contribution in [-0.4, -0.2) is 12.6 Å². The summed E-state index contributed by atoms with van der Waals surface area (Å²) in [5, 5.41) is 0. The molecule has 0 aliphatic heterocycles. The van der Waals surface area contributed by atoms with Crippen molar-refractivity contribution in [1.29, 1.82) is 0 Å². The Morgan fingerprint density at radius 2 is 2.13 bits per heavy atom. The van der Waals surface area contributed by atoms with Crippen LogP contribution in [0.1, 0.15) is 40.5 Å². The highest BCUT2D eigenvalue weighted by Crippen LogP contribution is 2.11. The number of carbonyl (C=O) groups excluding carboxylic acids is 1. The quantitative estimate of drug-likeness (QED) is 0.381. The van der Waals surface area contributed by atoms with E-state index in [9.17, 15) is 4.79 Å². The summed E-state index contributed by atoms with van der Waals surface area (Å²) in [5.41, 5.74) is 1.32. The Morgan fingerprint density at radius 1 is 1.47 bits per heavy atom. The van der Waals surface area contributed by atoms with Gasteiger partial charge in [0.05, 0.1) is 6.61 Å². The van der Waals surface area contributed by atoms with Gasteiger partial charge in [-0.15, -0.1) is 0 Å². The molecule has 0 aromatic carbocycles. The van der Waals surface area contributed by atoms with E-state index < -0.39 is 0 Å². The first kappa shape index (κ1) is 13.9. The highest BCUT2D eigenvalue weighted by atomic mass is 16.5. The van der Waals surface area contributed by atoms with Gasteiger partial charge < -0.3 is 4.74 Å². The van der Waals surface area contributed by atoms with Crippen LogP contribution < -0.4 is 0 Å². The number of hydrogen-bond donors (Lipinski definition) is 0. The van der Waals surface area contributed by atoms with Gasteiger partial charge in [-0.25, -0.2) is 0 Å². The summed E-state index contributed by atoms with van der Waals surface area (Å²) in [4.78, 5) is 10.8. The van der Waals surface area contributed by atoms with Crippen LogP contribution >= 0.6 is 0 Å². The van der Waals surface area contributed by atoms with Gasteiger partial charge in [0, 0.05) is 6.42 Å². The predicted octanol–water partition coefficient (Wildman–Crippen LogP) is 3.49. The summed E-state index contributed by atoms with van der Waals surface area (Å²) in [5.74, 6) is 0.347. The molecule has 0 heterocycles. The number of carbonyl (C=O) groups is 1. The van der Waals surface area contributed by atoms with Crippen LogP contribution in [-0.2, 0) is 9.53 Å². The molecule has 2 heteroatoms. The minimum atomic E-state index is -0.123. The summed E-state index contributed by atoms with van der Waals surface area (Å²) in [6.07, 6.45) is 7.60. The Labute approximate surface area is 93.0 Å². The van der Waals surface area contributed by atoms with E-state index in [0.29, 0.717) is 18.9 Å². The molecular weight excluding hydrogens is 188 g/mol.